The number of unbranched alkanes of at least 4 members (excludes halogenated alkanes) is 1. The van der Waals surface area contributed by atoms with Gasteiger partial charge < -0.3 is 16.0 Å². The van der Waals surface area contributed by atoms with Crippen LogP contribution < -0.4 is 16.0 Å². The van der Waals surface area contributed by atoms with Crippen molar-refractivity contribution < 1.29 is 9.59 Å². The van der Waals surface area contributed by atoms with E-state index in [1.807, 2.05) is 34.6 Å². The van der Waals surface area contributed by atoms with E-state index < -0.39 is 0 Å². The Kier molecular flexibility index (Phi) is 16.9. The van der Waals surface area contributed by atoms with Crippen molar-refractivity contribution in [2.24, 2.45) is 5.92 Å². The third-order valence-electron chi connectivity index (χ3n) is 2.38. The molecule has 120 valence electrons. The van der Waals surface area contributed by atoms with Gasteiger partial charge in [-0.3, -0.25) is 9.59 Å². The van der Waals surface area contributed by atoms with Gasteiger partial charge in [-0.25, -0.2) is 0 Å². The van der Waals surface area contributed by atoms with E-state index in [9.17, 15) is 9.59 Å². The minimum atomic E-state index is 0.0284. The largest absolute Gasteiger partial charge is 0.356 e. The van der Waals surface area contributed by atoms with Crippen molar-refractivity contribution in [3.63, 3.8) is 0 Å². The lowest BCUT2D eigenvalue weighted by Gasteiger charge is -2.08. The van der Waals surface area contributed by atoms with E-state index >= 15 is 0 Å². The molecule has 0 unspecified atom stereocenters. The first-order chi connectivity index (χ1) is 9.56. The van der Waals surface area contributed by atoms with Gasteiger partial charge in [0.25, 0.3) is 0 Å². The van der Waals surface area contributed by atoms with Crippen molar-refractivity contribution in [1.82, 2.24) is 16.0 Å². The monoisotopic (exact) mass is 287 g/mol. The number of carbonyl (C=O) groups is 2. The van der Waals surface area contributed by atoms with E-state index in [1.54, 1.807) is 0 Å². The molecule has 0 bridgehead atoms. The number of rotatable bonds is 10. The standard InChI is InChI=1S/C13H27N3O2.C2H6/c1-4-14-10-13(18)16-8-6-5-7-15-12(17)9-11(2)3;1-2/h11,14H,4-10H2,1-3H3,(H,15,17)(H,16,18);1-2H3. The molecular weight excluding hydrogens is 254 g/mol. The number of carbonyl (C=O) groups excluding carboxylic acids is 2. The second kappa shape index (κ2) is 16.0. The molecule has 0 atom stereocenters. The van der Waals surface area contributed by atoms with Gasteiger partial charge in [0, 0.05) is 19.5 Å². The molecule has 0 aromatic heterocycles. The Morgan fingerprint density at radius 3 is 1.90 bits per heavy atom. The molecule has 0 aromatic rings. The van der Waals surface area contributed by atoms with E-state index in [0.717, 1.165) is 19.4 Å². The lowest BCUT2D eigenvalue weighted by Crippen LogP contribution is -2.34. The van der Waals surface area contributed by atoms with Crippen LogP contribution in [-0.4, -0.2) is 38.0 Å². The van der Waals surface area contributed by atoms with Crippen molar-refractivity contribution in [3.8, 4) is 0 Å². The van der Waals surface area contributed by atoms with E-state index in [0.29, 0.717) is 32.0 Å². The molecule has 5 nitrogen and oxygen atoms in total. The Bertz CT molecular complexity index is 243. The summed E-state index contributed by atoms with van der Waals surface area (Å²) in [7, 11) is 0. The zero-order valence-corrected chi connectivity index (χ0v) is 13.8. The molecule has 0 saturated carbocycles. The van der Waals surface area contributed by atoms with E-state index in [4.69, 9.17) is 0 Å². The van der Waals surface area contributed by atoms with Gasteiger partial charge in [-0.15, -0.1) is 0 Å². The van der Waals surface area contributed by atoms with Crippen LogP contribution in [0.2, 0.25) is 0 Å². The highest BCUT2D eigenvalue weighted by molar-refractivity contribution is 5.77. The SMILES string of the molecule is CC.CCNCC(=O)NCCCCNC(=O)CC(C)C. The van der Waals surface area contributed by atoms with Gasteiger partial charge in [0.1, 0.15) is 0 Å². The quantitative estimate of drug-likeness (QED) is 0.535. The van der Waals surface area contributed by atoms with Crippen LogP contribution in [0.25, 0.3) is 0 Å². The second-order valence-corrected chi connectivity index (χ2v) is 4.79. The van der Waals surface area contributed by atoms with Gasteiger partial charge in [0.2, 0.25) is 11.8 Å². The minimum Gasteiger partial charge on any atom is -0.356 e. The molecule has 0 fully saturated rings. The first kappa shape index (κ1) is 21.2. The lowest BCUT2D eigenvalue weighted by molar-refractivity contribution is -0.122. The summed E-state index contributed by atoms with van der Waals surface area (Å²) in [5.74, 6) is 0.539. The molecule has 0 aliphatic carbocycles. The maximum absolute atomic E-state index is 11.3. The topological polar surface area (TPSA) is 70.2 Å². The number of nitrogens with one attached hydrogen (secondary N) is 3. The molecule has 0 aliphatic heterocycles. The van der Waals surface area contributed by atoms with Crippen molar-refractivity contribution >= 4 is 11.8 Å². The number of hydrogen-bond acceptors (Lipinski definition) is 3. The minimum absolute atomic E-state index is 0.0284. The maximum Gasteiger partial charge on any atom is 0.233 e. The molecule has 5 heteroatoms. The Labute approximate surface area is 124 Å². The molecule has 0 spiro atoms. The van der Waals surface area contributed by atoms with Crippen LogP contribution in [0.15, 0.2) is 0 Å². The molecule has 0 saturated heterocycles. The molecule has 0 aliphatic rings. The van der Waals surface area contributed by atoms with Gasteiger partial charge in [0.15, 0.2) is 0 Å². The smallest absolute Gasteiger partial charge is 0.233 e. The van der Waals surface area contributed by atoms with Gasteiger partial charge in [-0.05, 0) is 25.3 Å². The number of hydrogen-bond donors (Lipinski definition) is 3. The summed E-state index contributed by atoms with van der Waals surface area (Å²) in [6.07, 6.45) is 2.37. The van der Waals surface area contributed by atoms with Crippen molar-refractivity contribution in [1.29, 1.82) is 0 Å². The van der Waals surface area contributed by atoms with Crippen molar-refractivity contribution in [2.45, 2.75) is 53.9 Å². The predicted molar refractivity (Wildman–Crippen MR) is 84.6 cm³/mol. The number of likely N-dealkylation sites (N-methyl/N-ethyl adjacent to an activating group) is 1. The van der Waals surface area contributed by atoms with E-state index in [-0.39, 0.29) is 11.8 Å². The zero-order chi connectivity index (χ0) is 15.8. The summed E-state index contributed by atoms with van der Waals surface area (Å²) >= 11 is 0. The van der Waals surface area contributed by atoms with Crippen LogP contribution in [0.5, 0.6) is 0 Å². The van der Waals surface area contributed by atoms with Gasteiger partial charge >= 0.3 is 0 Å². The summed E-state index contributed by atoms with van der Waals surface area (Å²) in [5, 5.41) is 8.66. The molecule has 0 aromatic carbocycles. The van der Waals surface area contributed by atoms with Crippen LogP contribution in [-0.2, 0) is 9.59 Å². The van der Waals surface area contributed by atoms with E-state index in [1.165, 1.54) is 0 Å². The maximum atomic E-state index is 11.3. The third kappa shape index (κ3) is 16.9. The first-order valence-electron chi connectivity index (χ1n) is 7.80. The highest BCUT2D eigenvalue weighted by atomic mass is 16.2. The third-order valence-corrected chi connectivity index (χ3v) is 2.38. The Morgan fingerprint density at radius 2 is 1.45 bits per heavy atom. The van der Waals surface area contributed by atoms with Gasteiger partial charge in [-0.2, -0.15) is 0 Å². The summed E-state index contributed by atoms with van der Waals surface area (Å²) in [6, 6.07) is 0. The lowest BCUT2D eigenvalue weighted by atomic mass is 10.1. The fourth-order valence-electron chi connectivity index (χ4n) is 1.45. The van der Waals surface area contributed by atoms with Gasteiger partial charge in [-0.1, -0.05) is 34.6 Å². The molecular formula is C15H33N3O2. The molecule has 0 rings (SSSR count). The number of amides is 2. The van der Waals surface area contributed by atoms with E-state index in [2.05, 4.69) is 16.0 Å². The molecule has 20 heavy (non-hydrogen) atoms. The Morgan fingerprint density at radius 1 is 0.950 bits per heavy atom. The van der Waals surface area contributed by atoms with Crippen molar-refractivity contribution in [3.05, 3.63) is 0 Å². The normalized spacial score (nSPS) is 9.70. The highest BCUT2D eigenvalue weighted by Gasteiger charge is 2.03. The van der Waals surface area contributed by atoms with Crippen LogP contribution in [0.4, 0.5) is 0 Å². The van der Waals surface area contributed by atoms with Crippen molar-refractivity contribution in [2.75, 3.05) is 26.2 Å². The molecule has 0 radical (unpaired) electrons. The Balaban J connectivity index is 0. The zero-order valence-electron chi connectivity index (χ0n) is 13.8. The summed E-state index contributed by atoms with van der Waals surface area (Å²) in [5.41, 5.74) is 0. The molecule has 2 amide bonds. The van der Waals surface area contributed by atoms with Crippen LogP contribution >= 0.6 is 0 Å². The van der Waals surface area contributed by atoms with Crippen LogP contribution in [0.1, 0.15) is 53.9 Å². The van der Waals surface area contributed by atoms with Gasteiger partial charge in [0.05, 0.1) is 6.54 Å². The molecule has 3 N–H and O–H groups in total. The highest BCUT2D eigenvalue weighted by Crippen LogP contribution is 1.98. The average molecular weight is 287 g/mol. The average Bonchev–Trinajstić information content (AvgIpc) is 2.41. The first-order valence-corrected chi connectivity index (χ1v) is 7.80. The Hall–Kier alpha value is -1.10. The fourth-order valence-corrected chi connectivity index (χ4v) is 1.45. The molecule has 0 heterocycles. The summed E-state index contributed by atoms with van der Waals surface area (Å²) in [4.78, 5) is 22.5. The summed E-state index contributed by atoms with van der Waals surface area (Å²) in [6.45, 7) is 12.6. The van der Waals surface area contributed by atoms with Crippen LogP contribution in [0, 0.1) is 5.92 Å². The summed E-state index contributed by atoms with van der Waals surface area (Å²) < 4.78 is 0. The predicted octanol–water partition coefficient (Wildman–Crippen LogP) is 1.68. The fraction of sp³-hybridized carbons (Fsp3) is 0.867. The second-order valence-electron chi connectivity index (χ2n) is 4.79. The van der Waals surface area contributed by atoms with Crippen LogP contribution in [0.3, 0.4) is 0 Å².